The van der Waals surface area contributed by atoms with Crippen LogP contribution in [0.2, 0.25) is 0 Å². The van der Waals surface area contributed by atoms with Crippen molar-refractivity contribution >= 4 is 5.65 Å². The second kappa shape index (κ2) is 5.93. The summed E-state index contributed by atoms with van der Waals surface area (Å²) in [4.78, 5) is 4.78. The Morgan fingerprint density at radius 3 is 2.30 bits per heavy atom. The summed E-state index contributed by atoms with van der Waals surface area (Å²) in [6.07, 6.45) is 3.27. The standard InChI is InChI=1S/C22H20N4O/c23-22(13-4-14-22)17-9-7-15(8-10-17)20-21(16-5-2-1-3-6-16)26-18(24-20)11-12-19(27)25-26/h1-3,5-12H,4,13-14,23H2,(H,25,27). The maximum Gasteiger partial charge on any atom is 0.229 e. The van der Waals surface area contributed by atoms with E-state index in [0.29, 0.717) is 5.65 Å². The van der Waals surface area contributed by atoms with Gasteiger partial charge < -0.3 is 10.8 Å². The molecule has 5 rings (SSSR count). The largest absolute Gasteiger partial charge is 0.492 e. The van der Waals surface area contributed by atoms with E-state index in [2.05, 4.69) is 29.4 Å². The van der Waals surface area contributed by atoms with Gasteiger partial charge in [0.2, 0.25) is 5.88 Å². The van der Waals surface area contributed by atoms with E-state index in [1.54, 1.807) is 16.6 Å². The first-order chi connectivity index (χ1) is 13.1. The Morgan fingerprint density at radius 2 is 1.63 bits per heavy atom. The molecule has 134 valence electrons. The van der Waals surface area contributed by atoms with Crippen LogP contribution < -0.4 is 5.73 Å². The molecule has 0 amide bonds. The lowest BCUT2D eigenvalue weighted by Gasteiger charge is -2.38. The van der Waals surface area contributed by atoms with Crippen LogP contribution in [0, 0.1) is 0 Å². The van der Waals surface area contributed by atoms with Crippen LogP contribution in [0.15, 0.2) is 66.7 Å². The summed E-state index contributed by atoms with van der Waals surface area (Å²) >= 11 is 0. The molecule has 2 heterocycles. The molecule has 0 aliphatic heterocycles. The molecule has 1 aliphatic carbocycles. The average molecular weight is 356 g/mol. The second-order valence-electron chi connectivity index (χ2n) is 7.22. The Hall–Kier alpha value is -3.18. The Labute approximate surface area is 157 Å². The maximum absolute atomic E-state index is 9.87. The lowest BCUT2D eigenvalue weighted by atomic mass is 9.72. The predicted octanol–water partition coefficient (Wildman–Crippen LogP) is 4.11. The summed E-state index contributed by atoms with van der Waals surface area (Å²) in [7, 11) is 0. The van der Waals surface area contributed by atoms with Gasteiger partial charge in [-0.15, -0.1) is 5.10 Å². The van der Waals surface area contributed by atoms with E-state index >= 15 is 0 Å². The minimum Gasteiger partial charge on any atom is -0.492 e. The van der Waals surface area contributed by atoms with Crippen LogP contribution >= 0.6 is 0 Å². The summed E-state index contributed by atoms with van der Waals surface area (Å²) in [5, 5.41) is 14.1. The Kier molecular flexibility index (Phi) is 3.52. The zero-order valence-electron chi connectivity index (χ0n) is 14.8. The van der Waals surface area contributed by atoms with Gasteiger partial charge in [0.25, 0.3) is 0 Å². The van der Waals surface area contributed by atoms with Gasteiger partial charge in [0.15, 0.2) is 5.65 Å². The van der Waals surface area contributed by atoms with Crippen molar-refractivity contribution in [3.63, 3.8) is 0 Å². The molecular formula is C22H20N4O. The molecule has 27 heavy (non-hydrogen) atoms. The van der Waals surface area contributed by atoms with Gasteiger partial charge in [-0.3, -0.25) is 0 Å². The van der Waals surface area contributed by atoms with Crippen LogP contribution in [0.25, 0.3) is 28.2 Å². The molecular weight excluding hydrogens is 336 g/mol. The lowest BCUT2D eigenvalue weighted by Crippen LogP contribution is -2.43. The lowest BCUT2D eigenvalue weighted by molar-refractivity contribution is 0.253. The molecule has 0 radical (unpaired) electrons. The summed E-state index contributed by atoms with van der Waals surface area (Å²) in [6.45, 7) is 0. The third-order valence-electron chi connectivity index (χ3n) is 5.49. The summed E-state index contributed by atoms with van der Waals surface area (Å²) in [6, 6.07) is 21.7. The van der Waals surface area contributed by atoms with Crippen LogP contribution in [0.3, 0.4) is 0 Å². The minimum atomic E-state index is -0.174. The smallest absolute Gasteiger partial charge is 0.229 e. The zero-order chi connectivity index (χ0) is 18.4. The fourth-order valence-electron chi connectivity index (χ4n) is 3.79. The van der Waals surface area contributed by atoms with E-state index in [9.17, 15) is 5.11 Å². The van der Waals surface area contributed by atoms with Gasteiger partial charge in [0, 0.05) is 22.7 Å². The van der Waals surface area contributed by atoms with E-state index in [-0.39, 0.29) is 11.4 Å². The third-order valence-corrected chi connectivity index (χ3v) is 5.49. The molecule has 2 aromatic heterocycles. The molecule has 1 fully saturated rings. The van der Waals surface area contributed by atoms with Crippen molar-refractivity contribution in [2.24, 2.45) is 5.73 Å². The molecule has 4 aromatic rings. The SMILES string of the molecule is NC1(c2ccc(-c3nc4ccc(O)nn4c3-c3ccccc3)cc2)CCC1. The quantitative estimate of drug-likeness (QED) is 0.579. The molecule has 1 saturated carbocycles. The molecule has 0 unspecified atom stereocenters. The van der Waals surface area contributed by atoms with Crippen molar-refractivity contribution in [1.82, 2.24) is 14.6 Å². The van der Waals surface area contributed by atoms with Crippen molar-refractivity contribution in [3.8, 4) is 28.4 Å². The summed E-state index contributed by atoms with van der Waals surface area (Å²) in [5.41, 5.74) is 11.9. The Bertz CT molecular complexity index is 1110. The molecule has 0 saturated heterocycles. The number of aromatic nitrogens is 3. The summed E-state index contributed by atoms with van der Waals surface area (Å²) < 4.78 is 1.70. The van der Waals surface area contributed by atoms with Crippen LogP contribution in [-0.4, -0.2) is 19.7 Å². The van der Waals surface area contributed by atoms with Crippen molar-refractivity contribution in [1.29, 1.82) is 0 Å². The highest BCUT2D eigenvalue weighted by atomic mass is 16.3. The van der Waals surface area contributed by atoms with Gasteiger partial charge in [-0.05, 0) is 30.9 Å². The zero-order valence-corrected chi connectivity index (χ0v) is 14.8. The first-order valence-corrected chi connectivity index (χ1v) is 9.18. The Morgan fingerprint density at radius 1 is 0.889 bits per heavy atom. The number of aromatic hydroxyl groups is 1. The topological polar surface area (TPSA) is 76.4 Å². The molecule has 0 spiro atoms. The average Bonchev–Trinajstić information content (AvgIpc) is 3.05. The number of rotatable bonds is 3. The number of nitrogens with two attached hydrogens (primary N) is 1. The van der Waals surface area contributed by atoms with Gasteiger partial charge in [0.1, 0.15) is 5.69 Å². The van der Waals surface area contributed by atoms with Crippen molar-refractivity contribution in [2.75, 3.05) is 0 Å². The molecule has 2 aromatic carbocycles. The van der Waals surface area contributed by atoms with Crippen molar-refractivity contribution in [2.45, 2.75) is 24.8 Å². The number of hydrogen-bond donors (Lipinski definition) is 2. The highest BCUT2D eigenvalue weighted by Crippen LogP contribution is 2.40. The van der Waals surface area contributed by atoms with Gasteiger partial charge in [-0.25, -0.2) is 9.50 Å². The molecule has 3 N–H and O–H groups in total. The fourth-order valence-corrected chi connectivity index (χ4v) is 3.79. The minimum absolute atomic E-state index is 0.0333. The predicted molar refractivity (Wildman–Crippen MR) is 105 cm³/mol. The number of hydrogen-bond acceptors (Lipinski definition) is 4. The van der Waals surface area contributed by atoms with Crippen molar-refractivity contribution < 1.29 is 5.11 Å². The number of benzene rings is 2. The van der Waals surface area contributed by atoms with Gasteiger partial charge in [0.05, 0.1) is 5.69 Å². The molecule has 0 bridgehead atoms. The van der Waals surface area contributed by atoms with Gasteiger partial charge in [-0.1, -0.05) is 54.6 Å². The van der Waals surface area contributed by atoms with Gasteiger partial charge in [-0.2, -0.15) is 0 Å². The first kappa shape index (κ1) is 16.0. The first-order valence-electron chi connectivity index (χ1n) is 9.18. The van der Waals surface area contributed by atoms with Crippen LogP contribution in [0.4, 0.5) is 0 Å². The highest BCUT2D eigenvalue weighted by molar-refractivity contribution is 5.81. The Balaban J connectivity index is 1.69. The number of nitrogens with zero attached hydrogens (tertiary/aromatic N) is 3. The van der Waals surface area contributed by atoms with E-state index in [4.69, 9.17) is 10.7 Å². The van der Waals surface area contributed by atoms with E-state index in [1.165, 1.54) is 12.0 Å². The monoisotopic (exact) mass is 356 g/mol. The van der Waals surface area contributed by atoms with E-state index < -0.39 is 0 Å². The van der Waals surface area contributed by atoms with Crippen LogP contribution in [0.5, 0.6) is 5.88 Å². The maximum atomic E-state index is 9.87. The second-order valence-corrected chi connectivity index (χ2v) is 7.22. The summed E-state index contributed by atoms with van der Waals surface area (Å²) in [5.74, 6) is -0.0333. The van der Waals surface area contributed by atoms with E-state index in [0.717, 1.165) is 35.4 Å². The van der Waals surface area contributed by atoms with Crippen molar-refractivity contribution in [3.05, 3.63) is 72.3 Å². The number of fused-ring (bicyclic) bond motifs is 1. The highest BCUT2D eigenvalue weighted by Gasteiger charge is 2.34. The molecule has 0 atom stereocenters. The molecule has 5 heteroatoms. The van der Waals surface area contributed by atoms with Gasteiger partial charge >= 0.3 is 0 Å². The third kappa shape index (κ3) is 2.59. The normalized spacial score (nSPS) is 15.6. The van der Waals surface area contributed by atoms with E-state index in [1.807, 2.05) is 30.3 Å². The molecule has 1 aliphatic rings. The number of imidazole rings is 1. The van der Waals surface area contributed by atoms with Crippen LogP contribution in [-0.2, 0) is 5.54 Å². The van der Waals surface area contributed by atoms with Crippen LogP contribution in [0.1, 0.15) is 24.8 Å². The fraction of sp³-hybridized carbons (Fsp3) is 0.182. The molecule has 5 nitrogen and oxygen atoms in total.